The molecule has 3 fully saturated rings. The summed E-state index contributed by atoms with van der Waals surface area (Å²) in [6, 6.07) is 9.13. The van der Waals surface area contributed by atoms with Gasteiger partial charge in [0.2, 0.25) is 11.8 Å². The Bertz CT molecular complexity index is 1800. The van der Waals surface area contributed by atoms with E-state index in [0.717, 1.165) is 50.3 Å². The largest absolute Gasteiger partial charge is 0.497 e. The molecule has 13 nitrogen and oxygen atoms in total. The van der Waals surface area contributed by atoms with Crippen LogP contribution in [0.3, 0.4) is 0 Å². The summed E-state index contributed by atoms with van der Waals surface area (Å²) < 4.78 is 19.6. The topological polar surface area (TPSA) is 161 Å². The van der Waals surface area contributed by atoms with Crippen LogP contribution in [0, 0.1) is 5.92 Å². The number of nitrogens with one attached hydrogen (secondary N) is 2. The van der Waals surface area contributed by atoms with E-state index in [1.807, 2.05) is 65.5 Å². The van der Waals surface area contributed by atoms with Gasteiger partial charge in [0.1, 0.15) is 47.1 Å². The zero-order valence-electron chi connectivity index (χ0n) is 28.8. The lowest BCUT2D eigenvalue weighted by Crippen LogP contribution is -2.56. The molecule has 3 amide bonds. The van der Waals surface area contributed by atoms with Crippen LogP contribution in [-0.4, -0.2) is 86.9 Å². The summed E-state index contributed by atoms with van der Waals surface area (Å²) in [6.45, 7) is 0.0506. The molecular formula is C38H45N5O8. The van der Waals surface area contributed by atoms with Crippen LogP contribution < -0.4 is 20.1 Å². The summed E-state index contributed by atoms with van der Waals surface area (Å²) in [5, 5.41) is 16.6. The van der Waals surface area contributed by atoms with Crippen molar-refractivity contribution in [2.24, 2.45) is 5.92 Å². The molecule has 4 aliphatic rings. The average Bonchev–Trinajstić information content (AvgIpc) is 3.61. The molecule has 3 aromatic rings. The fourth-order valence-corrected chi connectivity index (χ4v) is 7.67. The fraction of sp³-hybridized carbons (Fsp3) is 0.500. The molecule has 3 N–H and O–H groups in total. The van der Waals surface area contributed by atoms with Gasteiger partial charge >= 0.3 is 12.1 Å². The molecule has 13 heteroatoms. The van der Waals surface area contributed by atoms with Crippen LogP contribution in [0.5, 0.6) is 11.5 Å². The third kappa shape index (κ3) is 7.38. The number of pyridine rings is 1. The molecule has 270 valence electrons. The smallest absolute Gasteiger partial charge is 0.408 e. The van der Waals surface area contributed by atoms with E-state index in [9.17, 15) is 24.3 Å². The molecule has 2 saturated carbocycles. The minimum atomic E-state index is -1.43. The summed E-state index contributed by atoms with van der Waals surface area (Å²) in [4.78, 5) is 60.4. The van der Waals surface area contributed by atoms with Gasteiger partial charge in [-0.05, 0) is 75.6 Å². The molecule has 1 saturated heterocycles. The van der Waals surface area contributed by atoms with Crippen LogP contribution >= 0.6 is 0 Å². The Kier molecular flexibility index (Phi) is 9.88. The first-order valence-corrected chi connectivity index (χ1v) is 18.0. The monoisotopic (exact) mass is 699 g/mol. The number of carboxylic acids is 1. The van der Waals surface area contributed by atoms with E-state index in [1.54, 1.807) is 7.11 Å². The fourth-order valence-electron chi connectivity index (χ4n) is 7.67. The maximum Gasteiger partial charge on any atom is 0.408 e. The Labute approximate surface area is 296 Å². The molecule has 2 aliphatic heterocycles. The molecule has 1 aromatic carbocycles. The van der Waals surface area contributed by atoms with E-state index < -0.39 is 47.6 Å². The lowest BCUT2D eigenvalue weighted by Gasteiger charge is -2.29. The molecule has 0 bridgehead atoms. The highest BCUT2D eigenvalue weighted by atomic mass is 16.6. The number of benzene rings is 1. The maximum atomic E-state index is 14.4. The van der Waals surface area contributed by atoms with Gasteiger partial charge in [0.25, 0.3) is 0 Å². The van der Waals surface area contributed by atoms with Gasteiger partial charge in [0.05, 0.1) is 19.2 Å². The van der Waals surface area contributed by atoms with Crippen molar-refractivity contribution in [3.8, 4) is 17.3 Å². The molecule has 2 aromatic heterocycles. The minimum absolute atomic E-state index is 0.0506. The number of aliphatic carboxylic acids is 1. The zero-order valence-corrected chi connectivity index (χ0v) is 28.8. The van der Waals surface area contributed by atoms with Crippen molar-refractivity contribution in [3.05, 3.63) is 60.9 Å². The number of hydrogen-bond donors (Lipinski definition) is 3. The molecule has 7 rings (SSSR count). The van der Waals surface area contributed by atoms with Gasteiger partial charge in [-0.3, -0.25) is 9.59 Å². The quantitative estimate of drug-likeness (QED) is 0.292. The van der Waals surface area contributed by atoms with Crippen molar-refractivity contribution in [3.63, 3.8) is 0 Å². The highest BCUT2D eigenvalue weighted by Crippen LogP contribution is 2.45. The van der Waals surface area contributed by atoms with Crippen LogP contribution in [0.25, 0.3) is 16.7 Å². The molecule has 1 unspecified atom stereocenters. The molecule has 5 atom stereocenters. The lowest BCUT2D eigenvalue weighted by molar-refractivity contribution is -0.145. The summed E-state index contributed by atoms with van der Waals surface area (Å²) in [6.07, 6.45) is 13.6. The first kappa shape index (κ1) is 34.4. The van der Waals surface area contributed by atoms with Crippen LogP contribution in [0.1, 0.15) is 70.6 Å². The van der Waals surface area contributed by atoms with Crippen LogP contribution in [0.2, 0.25) is 0 Å². The molecule has 0 radical (unpaired) electrons. The molecule has 4 heterocycles. The second-order valence-corrected chi connectivity index (χ2v) is 14.1. The zero-order chi connectivity index (χ0) is 35.5. The van der Waals surface area contributed by atoms with Crippen molar-refractivity contribution in [2.75, 3.05) is 13.7 Å². The van der Waals surface area contributed by atoms with E-state index in [4.69, 9.17) is 19.2 Å². The molecule has 0 spiro atoms. The number of methoxy groups -OCH3 is 1. The van der Waals surface area contributed by atoms with Crippen molar-refractivity contribution in [2.45, 2.75) is 100 Å². The number of amides is 3. The molecule has 2 aliphatic carbocycles. The number of allylic oxidation sites excluding steroid dienone is 1. The minimum Gasteiger partial charge on any atom is -0.497 e. The summed E-state index contributed by atoms with van der Waals surface area (Å²) in [7, 11) is 1.58. The molecular weight excluding hydrogens is 654 g/mol. The Hall–Kier alpha value is -5.07. The van der Waals surface area contributed by atoms with Gasteiger partial charge in [-0.25, -0.2) is 14.6 Å². The summed E-state index contributed by atoms with van der Waals surface area (Å²) in [5.74, 6) is -0.684. The van der Waals surface area contributed by atoms with Gasteiger partial charge in [0.15, 0.2) is 0 Å². The first-order valence-electron chi connectivity index (χ1n) is 18.0. The van der Waals surface area contributed by atoms with Gasteiger partial charge in [-0.1, -0.05) is 25.0 Å². The third-order valence-electron chi connectivity index (χ3n) is 10.6. The number of fused-ring (bicyclic) bond motifs is 3. The Morgan fingerprint density at radius 1 is 1.02 bits per heavy atom. The van der Waals surface area contributed by atoms with Gasteiger partial charge < -0.3 is 39.4 Å². The Morgan fingerprint density at radius 2 is 1.80 bits per heavy atom. The van der Waals surface area contributed by atoms with Crippen LogP contribution in [-0.2, 0) is 19.1 Å². The predicted molar refractivity (Wildman–Crippen MR) is 187 cm³/mol. The number of alkyl carbamates (subject to hydrolysis) is 1. The van der Waals surface area contributed by atoms with E-state index >= 15 is 0 Å². The Morgan fingerprint density at radius 3 is 2.57 bits per heavy atom. The van der Waals surface area contributed by atoms with Crippen LogP contribution in [0.4, 0.5) is 4.79 Å². The van der Waals surface area contributed by atoms with Crippen molar-refractivity contribution >= 4 is 34.8 Å². The second kappa shape index (κ2) is 14.7. The maximum absolute atomic E-state index is 14.4. The van der Waals surface area contributed by atoms with Crippen molar-refractivity contribution in [1.29, 1.82) is 0 Å². The molecule has 51 heavy (non-hydrogen) atoms. The van der Waals surface area contributed by atoms with E-state index in [-0.39, 0.29) is 31.4 Å². The van der Waals surface area contributed by atoms with Gasteiger partial charge in [-0.2, -0.15) is 0 Å². The highest BCUT2D eigenvalue weighted by molar-refractivity contribution is 5.96. The predicted octanol–water partition coefficient (Wildman–Crippen LogP) is 4.90. The first-order chi connectivity index (χ1) is 24.7. The highest BCUT2D eigenvalue weighted by Gasteiger charge is 2.61. The van der Waals surface area contributed by atoms with Crippen molar-refractivity contribution in [1.82, 2.24) is 25.1 Å². The number of nitrogens with zero attached hydrogens (tertiary/aromatic N) is 3. The number of hydrogen-bond acceptors (Lipinski definition) is 8. The normalized spacial score (nSPS) is 27.7. The van der Waals surface area contributed by atoms with E-state index in [2.05, 4.69) is 10.6 Å². The Balaban J connectivity index is 1.20. The summed E-state index contributed by atoms with van der Waals surface area (Å²) >= 11 is 0. The SMILES string of the molecule is COc1ccc2c(O[C@@H]3C[C@H]4C(=O)N[C@]5(C(=O)O)C[C@H]5/C=C\CCCCCC(NC(=O)OC5CCCC5)C(=O)N4C3)cc(-n3cccc3)nc2c1. The average molecular weight is 700 g/mol. The van der Waals surface area contributed by atoms with Crippen molar-refractivity contribution < 1.29 is 38.5 Å². The third-order valence-corrected chi connectivity index (χ3v) is 10.6. The van der Waals surface area contributed by atoms with Gasteiger partial charge in [0, 0.05) is 42.3 Å². The number of carboxylic acid groups (broad SMARTS) is 1. The van der Waals surface area contributed by atoms with E-state index in [0.29, 0.717) is 35.7 Å². The number of carbonyl (C=O) groups is 4. The number of ether oxygens (including phenoxy) is 3. The number of rotatable bonds is 7. The van der Waals surface area contributed by atoms with Crippen LogP contribution in [0.15, 0.2) is 60.9 Å². The number of carbonyl (C=O) groups excluding carboxylic acids is 3. The van der Waals surface area contributed by atoms with Gasteiger partial charge in [-0.15, -0.1) is 0 Å². The second-order valence-electron chi connectivity index (χ2n) is 14.1. The standard InChI is InChI=1S/C38H45N5O8/c1-49-26-15-16-28-30(19-26)39-33(42-17-9-10-18-42)21-32(28)50-27-20-31-34(44)41-38(36(46)47)22-24(38)11-5-3-2-4-6-14-29(35(45)43(31)23-27)40-37(48)51-25-12-7-8-13-25/h5,9-11,15-19,21,24-25,27,29,31H,2-4,6-8,12-14,20,22-23H2,1H3,(H,40,48)(H,41,44)(H,46,47)/b11-5-/t24-,27-,29?,31+,38-/m1/s1. The summed E-state index contributed by atoms with van der Waals surface area (Å²) in [5.41, 5.74) is -0.797. The van der Waals surface area contributed by atoms with E-state index in [1.165, 1.54) is 4.90 Å². The lowest BCUT2D eigenvalue weighted by atomic mass is 10.0. The number of aromatic nitrogens is 2.